The summed E-state index contributed by atoms with van der Waals surface area (Å²) >= 11 is 1.16. The SMILES string of the molecule is CC(C)Oc1cc(C(=O)Nc2nc(CC(=O)O)cs2)cc(OC2CCOC2)n1. The van der Waals surface area contributed by atoms with E-state index in [-0.39, 0.29) is 30.4 Å². The number of rotatable bonds is 8. The standard InChI is InChI=1S/C18H21N3O6S/c1-10(2)26-14-5-11(6-15(20-14)27-13-3-4-25-8-13)17(24)21-18-19-12(9-28-18)7-16(22)23/h5-6,9-10,13H,3-4,7-8H2,1-2H3,(H,22,23)(H,19,21,24). The Bertz CT molecular complexity index is 848. The molecule has 1 saturated heterocycles. The molecule has 9 nitrogen and oxygen atoms in total. The van der Waals surface area contributed by atoms with Gasteiger partial charge in [0.15, 0.2) is 5.13 Å². The number of nitrogens with zero attached hydrogens (tertiary/aromatic N) is 2. The van der Waals surface area contributed by atoms with E-state index in [1.54, 1.807) is 5.38 Å². The van der Waals surface area contributed by atoms with Gasteiger partial charge in [0.2, 0.25) is 11.8 Å². The first-order valence-electron chi connectivity index (χ1n) is 8.79. The Labute approximate surface area is 165 Å². The van der Waals surface area contributed by atoms with Gasteiger partial charge >= 0.3 is 5.97 Å². The Morgan fingerprint density at radius 3 is 2.82 bits per heavy atom. The van der Waals surface area contributed by atoms with Crippen LogP contribution in [0.3, 0.4) is 0 Å². The summed E-state index contributed by atoms with van der Waals surface area (Å²) in [4.78, 5) is 31.8. The highest BCUT2D eigenvalue weighted by Crippen LogP contribution is 2.23. The van der Waals surface area contributed by atoms with Crippen LogP contribution in [0.2, 0.25) is 0 Å². The van der Waals surface area contributed by atoms with E-state index in [4.69, 9.17) is 19.3 Å². The Morgan fingerprint density at radius 2 is 2.14 bits per heavy atom. The third-order valence-corrected chi connectivity index (χ3v) is 4.48. The normalized spacial score (nSPS) is 16.2. The van der Waals surface area contributed by atoms with Crippen LogP contribution in [0, 0.1) is 0 Å². The van der Waals surface area contributed by atoms with Crippen molar-refractivity contribution in [3.8, 4) is 11.8 Å². The fraction of sp³-hybridized carbons (Fsp3) is 0.444. The number of aromatic nitrogens is 2. The average Bonchev–Trinajstić information content (AvgIpc) is 3.25. The maximum absolute atomic E-state index is 12.6. The maximum atomic E-state index is 12.6. The molecule has 1 fully saturated rings. The Kier molecular flexibility index (Phi) is 6.42. The second-order valence-corrected chi connectivity index (χ2v) is 7.33. The number of hydrogen-bond donors (Lipinski definition) is 2. The molecule has 1 aliphatic rings. The smallest absolute Gasteiger partial charge is 0.309 e. The zero-order valence-electron chi connectivity index (χ0n) is 15.5. The zero-order valence-corrected chi connectivity index (χ0v) is 16.3. The third-order valence-electron chi connectivity index (χ3n) is 3.68. The van der Waals surface area contributed by atoms with Gasteiger partial charge in [0.25, 0.3) is 5.91 Å². The quantitative estimate of drug-likeness (QED) is 0.684. The van der Waals surface area contributed by atoms with Crippen LogP contribution >= 0.6 is 11.3 Å². The fourth-order valence-electron chi connectivity index (χ4n) is 2.52. The summed E-state index contributed by atoms with van der Waals surface area (Å²) < 4.78 is 16.7. The van der Waals surface area contributed by atoms with E-state index < -0.39 is 11.9 Å². The number of carbonyl (C=O) groups is 2. The molecule has 28 heavy (non-hydrogen) atoms. The lowest BCUT2D eigenvalue weighted by atomic mass is 10.2. The molecule has 1 atom stereocenters. The van der Waals surface area contributed by atoms with E-state index in [2.05, 4.69) is 15.3 Å². The van der Waals surface area contributed by atoms with Crippen LogP contribution in [0.4, 0.5) is 5.13 Å². The molecule has 1 aliphatic heterocycles. The Balaban J connectivity index is 1.76. The van der Waals surface area contributed by atoms with Gasteiger partial charge in [-0.3, -0.25) is 14.9 Å². The van der Waals surface area contributed by atoms with Crippen molar-refractivity contribution in [3.63, 3.8) is 0 Å². The number of carboxylic acid groups (broad SMARTS) is 1. The summed E-state index contributed by atoms with van der Waals surface area (Å²) in [5.74, 6) is -0.836. The van der Waals surface area contributed by atoms with Crippen LogP contribution in [-0.4, -0.2) is 52.4 Å². The van der Waals surface area contributed by atoms with E-state index in [1.807, 2.05) is 13.8 Å². The maximum Gasteiger partial charge on any atom is 0.309 e. The van der Waals surface area contributed by atoms with Crippen molar-refractivity contribution in [2.24, 2.45) is 0 Å². The summed E-state index contributed by atoms with van der Waals surface area (Å²) in [5, 5.41) is 13.4. The molecule has 10 heteroatoms. The summed E-state index contributed by atoms with van der Waals surface area (Å²) in [7, 11) is 0. The molecule has 2 N–H and O–H groups in total. The molecular formula is C18H21N3O6S. The molecule has 1 amide bonds. The van der Waals surface area contributed by atoms with Crippen molar-refractivity contribution in [3.05, 3.63) is 28.8 Å². The minimum Gasteiger partial charge on any atom is -0.481 e. The Morgan fingerprint density at radius 1 is 1.36 bits per heavy atom. The van der Waals surface area contributed by atoms with E-state index >= 15 is 0 Å². The lowest BCUT2D eigenvalue weighted by Gasteiger charge is -2.15. The highest BCUT2D eigenvalue weighted by atomic mass is 32.1. The van der Waals surface area contributed by atoms with E-state index in [1.165, 1.54) is 12.1 Å². The predicted octanol–water partition coefficient (Wildman–Crippen LogP) is 2.37. The summed E-state index contributed by atoms with van der Waals surface area (Å²) in [6.07, 6.45) is 0.320. The van der Waals surface area contributed by atoms with Crippen molar-refractivity contribution < 1.29 is 28.9 Å². The molecule has 2 aromatic rings. The molecule has 3 rings (SSSR count). The molecule has 150 valence electrons. The van der Waals surface area contributed by atoms with Gasteiger partial charge in [-0.05, 0) is 13.8 Å². The largest absolute Gasteiger partial charge is 0.481 e. The molecule has 0 aliphatic carbocycles. The first kappa shape index (κ1) is 20.0. The van der Waals surface area contributed by atoms with Gasteiger partial charge < -0.3 is 19.3 Å². The van der Waals surface area contributed by atoms with E-state index in [0.29, 0.717) is 29.6 Å². The zero-order chi connectivity index (χ0) is 20.1. The topological polar surface area (TPSA) is 120 Å². The van der Waals surface area contributed by atoms with Gasteiger partial charge in [-0.25, -0.2) is 4.98 Å². The second-order valence-electron chi connectivity index (χ2n) is 6.47. The summed E-state index contributed by atoms with van der Waals surface area (Å²) in [6, 6.07) is 3.06. The molecule has 1 unspecified atom stereocenters. The minimum atomic E-state index is -0.981. The summed E-state index contributed by atoms with van der Waals surface area (Å²) in [6.45, 7) is 4.82. The van der Waals surface area contributed by atoms with Gasteiger partial charge in [-0.1, -0.05) is 0 Å². The highest BCUT2D eigenvalue weighted by Gasteiger charge is 2.20. The lowest BCUT2D eigenvalue weighted by molar-refractivity contribution is -0.136. The first-order chi connectivity index (χ1) is 13.4. The number of carbonyl (C=O) groups excluding carboxylic acids is 1. The van der Waals surface area contributed by atoms with Gasteiger partial charge in [-0.15, -0.1) is 11.3 Å². The van der Waals surface area contributed by atoms with E-state index in [0.717, 1.165) is 17.8 Å². The number of pyridine rings is 1. The van der Waals surface area contributed by atoms with Crippen molar-refractivity contribution in [1.29, 1.82) is 0 Å². The summed E-state index contributed by atoms with van der Waals surface area (Å²) in [5.41, 5.74) is 0.686. The van der Waals surface area contributed by atoms with Gasteiger partial charge in [0.05, 0.1) is 37.0 Å². The number of nitrogens with one attached hydrogen (secondary N) is 1. The second kappa shape index (κ2) is 8.98. The third kappa shape index (κ3) is 5.64. The van der Waals surface area contributed by atoms with Crippen LogP contribution in [0.5, 0.6) is 11.8 Å². The first-order valence-corrected chi connectivity index (χ1v) is 9.67. The van der Waals surface area contributed by atoms with Crippen molar-refractivity contribution in [2.45, 2.75) is 38.9 Å². The van der Waals surface area contributed by atoms with Gasteiger partial charge in [0.1, 0.15) is 6.10 Å². The van der Waals surface area contributed by atoms with Gasteiger partial charge in [0, 0.05) is 23.9 Å². The van der Waals surface area contributed by atoms with E-state index in [9.17, 15) is 9.59 Å². The van der Waals surface area contributed by atoms with Crippen molar-refractivity contribution in [2.75, 3.05) is 18.5 Å². The number of anilines is 1. The molecule has 0 spiro atoms. The number of carboxylic acids is 1. The average molecular weight is 407 g/mol. The minimum absolute atomic E-state index is 0.116. The number of ether oxygens (including phenoxy) is 3. The number of hydrogen-bond acceptors (Lipinski definition) is 8. The van der Waals surface area contributed by atoms with Crippen molar-refractivity contribution >= 4 is 28.3 Å². The monoisotopic (exact) mass is 407 g/mol. The van der Waals surface area contributed by atoms with Crippen LogP contribution in [-0.2, 0) is 16.0 Å². The molecule has 3 heterocycles. The Hall–Kier alpha value is -2.72. The molecule has 0 aromatic carbocycles. The van der Waals surface area contributed by atoms with Crippen molar-refractivity contribution in [1.82, 2.24) is 9.97 Å². The number of thiazole rings is 1. The molecule has 0 saturated carbocycles. The fourth-order valence-corrected chi connectivity index (χ4v) is 3.23. The molecule has 0 bridgehead atoms. The number of amides is 1. The number of aliphatic carboxylic acids is 1. The lowest BCUT2D eigenvalue weighted by Crippen LogP contribution is -2.18. The highest BCUT2D eigenvalue weighted by molar-refractivity contribution is 7.14. The van der Waals surface area contributed by atoms with Crippen LogP contribution in [0.15, 0.2) is 17.5 Å². The van der Waals surface area contributed by atoms with Crippen LogP contribution in [0.25, 0.3) is 0 Å². The van der Waals surface area contributed by atoms with Crippen LogP contribution < -0.4 is 14.8 Å². The van der Waals surface area contributed by atoms with Gasteiger partial charge in [-0.2, -0.15) is 4.98 Å². The molecule has 2 aromatic heterocycles. The predicted molar refractivity (Wildman–Crippen MR) is 101 cm³/mol. The molecule has 0 radical (unpaired) electrons. The van der Waals surface area contributed by atoms with Crippen LogP contribution in [0.1, 0.15) is 36.3 Å². The molecular weight excluding hydrogens is 386 g/mol.